The Kier molecular flexibility index (Phi) is 8.32. The van der Waals surface area contributed by atoms with Crippen LogP contribution in [0.1, 0.15) is 38.5 Å². The Labute approximate surface area is 129 Å². The maximum atomic E-state index is 10.4. The summed E-state index contributed by atoms with van der Waals surface area (Å²) >= 11 is 0. The normalized spacial score (nSPS) is 24.6. The fourth-order valence-electron chi connectivity index (χ4n) is 2.65. The van der Waals surface area contributed by atoms with Crippen LogP contribution in [0, 0.1) is 0 Å². The van der Waals surface area contributed by atoms with Crippen molar-refractivity contribution in [2.75, 3.05) is 13.1 Å². The average molecular weight is 318 g/mol. The lowest BCUT2D eigenvalue weighted by Gasteiger charge is -2.30. The van der Waals surface area contributed by atoms with E-state index < -0.39 is 24.1 Å². The Morgan fingerprint density at radius 2 is 1.14 bits per heavy atom. The number of carboxylic acids is 2. The molecule has 8 heteroatoms. The van der Waals surface area contributed by atoms with E-state index in [9.17, 15) is 19.8 Å². The molecule has 0 aromatic rings. The minimum absolute atomic E-state index is 0.255. The van der Waals surface area contributed by atoms with Crippen LogP contribution in [0.15, 0.2) is 0 Å². The summed E-state index contributed by atoms with van der Waals surface area (Å²) in [7, 11) is 0. The second kappa shape index (κ2) is 9.73. The van der Waals surface area contributed by atoms with Crippen LogP contribution in [0.25, 0.3) is 0 Å². The molecule has 0 bridgehead atoms. The largest absolute Gasteiger partial charge is 0.481 e. The first kappa shape index (κ1) is 18.8. The Balaban J connectivity index is 2.13. The zero-order valence-electron chi connectivity index (χ0n) is 12.6. The number of carbonyl (C=O) groups is 2. The van der Waals surface area contributed by atoms with Crippen molar-refractivity contribution in [2.45, 2.75) is 62.8 Å². The SMILES string of the molecule is O=C(O)CC(O)CNC1CCC(NCC(O)CC(=O)O)CC1. The van der Waals surface area contributed by atoms with E-state index >= 15 is 0 Å². The standard InChI is InChI=1S/C14H26N2O6/c17-11(5-13(19)20)7-15-9-1-2-10(4-3-9)16-8-12(18)6-14(21)22/h9-12,15-18H,1-8H2,(H,19,20)(H,21,22). The topological polar surface area (TPSA) is 139 Å². The molecule has 0 heterocycles. The van der Waals surface area contributed by atoms with E-state index in [2.05, 4.69) is 10.6 Å². The van der Waals surface area contributed by atoms with E-state index in [4.69, 9.17) is 10.2 Å². The summed E-state index contributed by atoms with van der Waals surface area (Å²) in [5.74, 6) is -2.02. The van der Waals surface area contributed by atoms with Crippen molar-refractivity contribution in [3.8, 4) is 0 Å². The molecule has 8 nitrogen and oxygen atoms in total. The lowest BCUT2D eigenvalue weighted by atomic mass is 9.91. The van der Waals surface area contributed by atoms with Crippen molar-refractivity contribution in [1.29, 1.82) is 0 Å². The fourth-order valence-corrected chi connectivity index (χ4v) is 2.65. The smallest absolute Gasteiger partial charge is 0.306 e. The Morgan fingerprint density at radius 1 is 0.818 bits per heavy atom. The highest BCUT2D eigenvalue weighted by Gasteiger charge is 2.22. The van der Waals surface area contributed by atoms with Gasteiger partial charge in [-0.3, -0.25) is 9.59 Å². The summed E-state index contributed by atoms with van der Waals surface area (Å²) < 4.78 is 0. The summed E-state index contributed by atoms with van der Waals surface area (Å²) in [6.07, 6.45) is 1.31. The van der Waals surface area contributed by atoms with Crippen molar-refractivity contribution >= 4 is 11.9 Å². The second-order valence-electron chi connectivity index (χ2n) is 5.87. The molecule has 2 unspecified atom stereocenters. The van der Waals surface area contributed by atoms with Crippen LogP contribution in [-0.4, -0.2) is 69.7 Å². The molecule has 1 aliphatic rings. The summed E-state index contributed by atoms with van der Waals surface area (Å²) in [6, 6.07) is 0.510. The molecular formula is C14H26N2O6. The zero-order chi connectivity index (χ0) is 16.5. The van der Waals surface area contributed by atoms with Crippen molar-refractivity contribution < 1.29 is 30.0 Å². The molecule has 2 atom stereocenters. The van der Waals surface area contributed by atoms with Crippen LogP contribution in [0.2, 0.25) is 0 Å². The number of aliphatic hydroxyl groups is 2. The molecule has 0 radical (unpaired) electrons. The summed E-state index contributed by atoms with van der Waals surface area (Å²) in [6.45, 7) is 0.540. The number of aliphatic carboxylic acids is 2. The van der Waals surface area contributed by atoms with Gasteiger partial charge < -0.3 is 31.1 Å². The van der Waals surface area contributed by atoms with Crippen LogP contribution in [0.3, 0.4) is 0 Å². The van der Waals surface area contributed by atoms with Crippen molar-refractivity contribution in [3.63, 3.8) is 0 Å². The number of hydrogen-bond donors (Lipinski definition) is 6. The molecule has 1 aliphatic carbocycles. The highest BCUT2D eigenvalue weighted by Crippen LogP contribution is 2.18. The van der Waals surface area contributed by atoms with Crippen molar-refractivity contribution in [2.24, 2.45) is 0 Å². The Bertz CT molecular complexity index is 323. The van der Waals surface area contributed by atoms with Crippen LogP contribution >= 0.6 is 0 Å². The molecule has 0 amide bonds. The molecule has 22 heavy (non-hydrogen) atoms. The lowest BCUT2D eigenvalue weighted by molar-refractivity contribution is -0.140. The molecule has 1 rings (SSSR count). The quantitative estimate of drug-likeness (QED) is 0.306. The van der Waals surface area contributed by atoms with Gasteiger partial charge in [0.05, 0.1) is 25.0 Å². The first-order valence-corrected chi connectivity index (χ1v) is 7.63. The van der Waals surface area contributed by atoms with E-state index in [1.54, 1.807) is 0 Å². The van der Waals surface area contributed by atoms with E-state index in [0.29, 0.717) is 0 Å². The Hall–Kier alpha value is -1.22. The molecule has 0 spiro atoms. The van der Waals surface area contributed by atoms with Crippen molar-refractivity contribution in [3.05, 3.63) is 0 Å². The van der Waals surface area contributed by atoms with Crippen LogP contribution in [0.5, 0.6) is 0 Å². The van der Waals surface area contributed by atoms with E-state index in [0.717, 1.165) is 25.7 Å². The van der Waals surface area contributed by atoms with Gasteiger partial charge in [-0.1, -0.05) is 0 Å². The molecular weight excluding hydrogens is 292 g/mol. The first-order valence-electron chi connectivity index (χ1n) is 7.63. The van der Waals surface area contributed by atoms with Crippen LogP contribution in [-0.2, 0) is 9.59 Å². The number of carboxylic acid groups (broad SMARTS) is 2. The van der Waals surface area contributed by atoms with Gasteiger partial charge in [-0.25, -0.2) is 0 Å². The maximum absolute atomic E-state index is 10.4. The minimum Gasteiger partial charge on any atom is -0.481 e. The third-order valence-electron chi connectivity index (χ3n) is 3.83. The first-order chi connectivity index (χ1) is 10.4. The van der Waals surface area contributed by atoms with Gasteiger partial charge in [0.2, 0.25) is 0 Å². The van der Waals surface area contributed by atoms with Gasteiger partial charge in [-0.05, 0) is 25.7 Å². The van der Waals surface area contributed by atoms with Gasteiger partial charge in [0.1, 0.15) is 0 Å². The van der Waals surface area contributed by atoms with Gasteiger partial charge in [0.15, 0.2) is 0 Å². The molecule has 0 aromatic carbocycles. The number of hydrogen-bond acceptors (Lipinski definition) is 6. The molecule has 1 saturated carbocycles. The molecule has 6 N–H and O–H groups in total. The van der Waals surface area contributed by atoms with Gasteiger partial charge in [-0.2, -0.15) is 0 Å². The third-order valence-corrected chi connectivity index (χ3v) is 3.83. The maximum Gasteiger partial charge on any atom is 0.306 e. The molecule has 128 valence electrons. The van der Waals surface area contributed by atoms with Gasteiger partial charge in [0, 0.05) is 25.2 Å². The van der Waals surface area contributed by atoms with Gasteiger partial charge in [-0.15, -0.1) is 0 Å². The average Bonchev–Trinajstić information content (AvgIpc) is 2.42. The predicted octanol–water partition coefficient (Wildman–Crippen LogP) is -0.852. The zero-order valence-corrected chi connectivity index (χ0v) is 12.6. The molecule has 1 fully saturated rings. The third kappa shape index (κ3) is 8.28. The predicted molar refractivity (Wildman–Crippen MR) is 78.6 cm³/mol. The van der Waals surface area contributed by atoms with Crippen LogP contribution in [0.4, 0.5) is 0 Å². The molecule has 0 aliphatic heterocycles. The number of nitrogens with one attached hydrogen (secondary N) is 2. The Morgan fingerprint density at radius 3 is 1.41 bits per heavy atom. The van der Waals surface area contributed by atoms with E-state index in [1.165, 1.54) is 0 Å². The number of aliphatic hydroxyl groups excluding tert-OH is 2. The highest BCUT2D eigenvalue weighted by atomic mass is 16.4. The summed E-state index contributed by atoms with van der Waals surface area (Å²) in [5, 5.41) is 42.4. The highest BCUT2D eigenvalue weighted by molar-refractivity contribution is 5.67. The summed E-state index contributed by atoms with van der Waals surface area (Å²) in [5.41, 5.74) is 0. The molecule has 0 aromatic heterocycles. The molecule has 0 saturated heterocycles. The van der Waals surface area contributed by atoms with Gasteiger partial charge >= 0.3 is 11.9 Å². The van der Waals surface area contributed by atoms with Crippen LogP contribution < -0.4 is 10.6 Å². The second-order valence-corrected chi connectivity index (χ2v) is 5.87. The van der Waals surface area contributed by atoms with E-state index in [1.807, 2.05) is 0 Å². The summed E-state index contributed by atoms with van der Waals surface area (Å²) in [4.78, 5) is 20.9. The fraction of sp³-hybridized carbons (Fsp3) is 0.857. The van der Waals surface area contributed by atoms with Crippen molar-refractivity contribution in [1.82, 2.24) is 10.6 Å². The number of rotatable bonds is 10. The monoisotopic (exact) mass is 318 g/mol. The minimum atomic E-state index is -1.01. The lowest BCUT2D eigenvalue weighted by Crippen LogP contribution is -2.44. The van der Waals surface area contributed by atoms with Gasteiger partial charge in [0.25, 0.3) is 0 Å². The van der Waals surface area contributed by atoms with E-state index in [-0.39, 0.29) is 38.0 Å².